The molecule has 0 fully saturated rings. The molecule has 0 atom stereocenters. The summed E-state index contributed by atoms with van der Waals surface area (Å²) in [4.78, 5) is 6.22. The first-order valence-electron chi connectivity index (χ1n) is 7.47. The van der Waals surface area contributed by atoms with Crippen LogP contribution in [0.2, 0.25) is 0 Å². The Balaban J connectivity index is 1.70. The number of hydrogen-bond acceptors (Lipinski definition) is 3. The Bertz CT molecular complexity index is 691. The molecular weight excluding hydrogens is 305 g/mol. The summed E-state index contributed by atoms with van der Waals surface area (Å²) in [5.74, 6) is -0.378. The first kappa shape index (κ1) is 15.7. The van der Waals surface area contributed by atoms with Crippen LogP contribution in [0.3, 0.4) is 0 Å². The average Bonchev–Trinajstić information content (AvgIpc) is 2.96. The van der Waals surface area contributed by atoms with Crippen LogP contribution in [0, 0.1) is 11.6 Å². The number of hydrogen-bond donors (Lipinski definition) is 0. The first-order valence-corrected chi connectivity index (χ1v) is 7.47. The molecule has 7 heteroatoms. The quantitative estimate of drug-likeness (QED) is 0.849. The van der Waals surface area contributed by atoms with E-state index in [1.807, 2.05) is 6.08 Å². The van der Waals surface area contributed by atoms with Gasteiger partial charge in [-0.1, -0.05) is 12.1 Å². The number of halogens is 3. The van der Waals surface area contributed by atoms with E-state index in [4.69, 9.17) is 0 Å². The highest BCUT2D eigenvalue weighted by molar-refractivity contribution is 5.67. The molecule has 0 bridgehead atoms. The molecule has 1 aromatic heterocycles. The Morgan fingerprint density at radius 2 is 1.96 bits per heavy atom. The van der Waals surface area contributed by atoms with Crippen LogP contribution in [0.5, 0.6) is 0 Å². The van der Waals surface area contributed by atoms with Gasteiger partial charge in [-0.05, 0) is 24.1 Å². The molecular formula is C16H17F3N4. The zero-order valence-electron chi connectivity index (χ0n) is 12.6. The summed E-state index contributed by atoms with van der Waals surface area (Å²) in [6, 6.07) is 3.90. The van der Waals surface area contributed by atoms with Crippen LogP contribution < -0.4 is 0 Å². The van der Waals surface area contributed by atoms with E-state index < -0.39 is 18.3 Å². The van der Waals surface area contributed by atoms with Gasteiger partial charge in [-0.2, -0.15) is 5.10 Å². The lowest BCUT2D eigenvalue weighted by molar-refractivity contribution is 0.276. The smallest absolute Gasteiger partial charge is 0.141 e. The minimum atomic E-state index is -0.535. The van der Waals surface area contributed by atoms with Crippen molar-refractivity contribution < 1.29 is 13.2 Å². The number of aromatic nitrogens is 3. The molecule has 0 amide bonds. The minimum absolute atomic E-state index is 0.0627. The average molecular weight is 322 g/mol. The van der Waals surface area contributed by atoms with Gasteiger partial charge < -0.3 is 0 Å². The van der Waals surface area contributed by atoms with Gasteiger partial charge >= 0.3 is 0 Å². The molecule has 1 aliphatic heterocycles. The second-order valence-corrected chi connectivity index (χ2v) is 5.40. The second-order valence-electron chi connectivity index (χ2n) is 5.40. The predicted octanol–water partition coefficient (Wildman–Crippen LogP) is 2.82. The number of alkyl halides is 1. The Hall–Kier alpha value is -2.15. The lowest BCUT2D eigenvalue weighted by Gasteiger charge is -2.26. The van der Waals surface area contributed by atoms with Crippen molar-refractivity contribution in [2.24, 2.45) is 0 Å². The van der Waals surface area contributed by atoms with E-state index in [0.717, 1.165) is 0 Å². The summed E-state index contributed by atoms with van der Waals surface area (Å²) in [5, 5.41) is 3.98. The molecule has 4 nitrogen and oxygen atoms in total. The van der Waals surface area contributed by atoms with Crippen LogP contribution in [0.4, 0.5) is 13.2 Å². The lowest BCUT2D eigenvalue weighted by atomic mass is 9.98. The SMILES string of the molecule is FCCn1ncnc1CN1CC=C(c2c(F)cccc2F)CC1. The largest absolute Gasteiger partial charge is 0.292 e. The highest BCUT2D eigenvalue weighted by atomic mass is 19.1. The Morgan fingerprint density at radius 1 is 1.17 bits per heavy atom. The predicted molar refractivity (Wildman–Crippen MR) is 80.2 cm³/mol. The molecule has 0 unspecified atom stereocenters. The lowest BCUT2D eigenvalue weighted by Crippen LogP contribution is -2.30. The third-order valence-corrected chi connectivity index (χ3v) is 3.93. The van der Waals surface area contributed by atoms with Crippen molar-refractivity contribution in [1.29, 1.82) is 0 Å². The Morgan fingerprint density at radius 3 is 2.61 bits per heavy atom. The molecule has 122 valence electrons. The molecule has 1 aliphatic rings. The van der Waals surface area contributed by atoms with Gasteiger partial charge in [0, 0.05) is 18.7 Å². The fourth-order valence-electron chi connectivity index (χ4n) is 2.76. The van der Waals surface area contributed by atoms with Crippen LogP contribution in [-0.2, 0) is 13.1 Å². The van der Waals surface area contributed by atoms with Crippen LogP contribution in [-0.4, -0.2) is 39.4 Å². The van der Waals surface area contributed by atoms with Gasteiger partial charge in [-0.25, -0.2) is 22.8 Å². The fourth-order valence-corrected chi connectivity index (χ4v) is 2.76. The summed E-state index contributed by atoms with van der Waals surface area (Å²) in [6.45, 7) is 1.44. The first-order chi connectivity index (χ1) is 11.2. The van der Waals surface area contributed by atoms with Gasteiger partial charge in [0.1, 0.15) is 30.5 Å². The van der Waals surface area contributed by atoms with Crippen molar-refractivity contribution in [3.8, 4) is 0 Å². The van der Waals surface area contributed by atoms with E-state index in [9.17, 15) is 13.2 Å². The van der Waals surface area contributed by atoms with Crippen LogP contribution >= 0.6 is 0 Å². The molecule has 0 saturated heterocycles. The van der Waals surface area contributed by atoms with E-state index in [2.05, 4.69) is 15.0 Å². The van der Waals surface area contributed by atoms with E-state index in [1.54, 1.807) is 0 Å². The van der Waals surface area contributed by atoms with E-state index in [1.165, 1.54) is 29.2 Å². The summed E-state index contributed by atoms with van der Waals surface area (Å²) in [6.07, 6.45) is 3.79. The van der Waals surface area contributed by atoms with Crippen LogP contribution in [0.15, 0.2) is 30.6 Å². The van der Waals surface area contributed by atoms with Crippen molar-refractivity contribution in [3.05, 3.63) is 53.6 Å². The summed E-state index contributed by atoms with van der Waals surface area (Å²) < 4.78 is 41.6. The Kier molecular flexibility index (Phi) is 4.76. The molecule has 0 saturated carbocycles. The van der Waals surface area contributed by atoms with Crippen molar-refractivity contribution in [2.45, 2.75) is 19.5 Å². The highest BCUT2D eigenvalue weighted by Crippen LogP contribution is 2.27. The fraction of sp³-hybridized carbons (Fsp3) is 0.375. The maximum atomic E-state index is 13.8. The third kappa shape index (κ3) is 3.44. The zero-order valence-corrected chi connectivity index (χ0v) is 12.6. The second kappa shape index (κ2) is 6.95. The van der Waals surface area contributed by atoms with Crippen LogP contribution in [0.1, 0.15) is 17.8 Å². The Labute approximate surface area is 132 Å². The molecule has 2 heterocycles. The molecule has 23 heavy (non-hydrogen) atoms. The van der Waals surface area contributed by atoms with Gasteiger partial charge in [0.2, 0.25) is 0 Å². The molecule has 0 aliphatic carbocycles. The molecule has 0 N–H and O–H groups in total. The van der Waals surface area contributed by atoms with Gasteiger partial charge in [0.25, 0.3) is 0 Å². The molecule has 0 spiro atoms. The van der Waals surface area contributed by atoms with Gasteiger partial charge in [-0.3, -0.25) is 4.90 Å². The minimum Gasteiger partial charge on any atom is -0.292 e. The highest BCUT2D eigenvalue weighted by Gasteiger charge is 2.19. The van der Waals surface area contributed by atoms with E-state index in [0.29, 0.717) is 37.5 Å². The standard InChI is InChI=1S/C16H17F3N4/c17-6-9-23-15(20-11-21-23)10-22-7-4-12(5-8-22)16-13(18)2-1-3-14(16)19/h1-4,11H,5-10H2. The van der Waals surface area contributed by atoms with Gasteiger partial charge in [0.15, 0.2) is 0 Å². The normalized spacial score (nSPS) is 15.7. The summed E-state index contributed by atoms with van der Waals surface area (Å²) in [5.41, 5.74) is 0.745. The number of rotatable bonds is 5. The van der Waals surface area contributed by atoms with Gasteiger partial charge in [-0.15, -0.1) is 0 Å². The monoisotopic (exact) mass is 322 g/mol. The van der Waals surface area contributed by atoms with Crippen molar-refractivity contribution in [3.63, 3.8) is 0 Å². The maximum absolute atomic E-state index is 13.8. The third-order valence-electron chi connectivity index (χ3n) is 3.93. The van der Waals surface area contributed by atoms with Crippen molar-refractivity contribution >= 4 is 5.57 Å². The maximum Gasteiger partial charge on any atom is 0.141 e. The van der Waals surface area contributed by atoms with Gasteiger partial charge in [0.05, 0.1) is 13.1 Å². The van der Waals surface area contributed by atoms with E-state index in [-0.39, 0.29) is 12.1 Å². The summed E-state index contributed by atoms with van der Waals surface area (Å²) >= 11 is 0. The molecule has 3 rings (SSSR count). The number of nitrogens with zero attached hydrogens (tertiary/aromatic N) is 4. The molecule has 2 aromatic rings. The molecule has 1 aromatic carbocycles. The van der Waals surface area contributed by atoms with Crippen molar-refractivity contribution in [1.82, 2.24) is 19.7 Å². The number of benzene rings is 1. The molecule has 0 radical (unpaired) electrons. The summed E-state index contributed by atoms with van der Waals surface area (Å²) in [7, 11) is 0. The van der Waals surface area contributed by atoms with Crippen molar-refractivity contribution in [2.75, 3.05) is 19.8 Å². The zero-order chi connectivity index (χ0) is 16.2. The van der Waals surface area contributed by atoms with E-state index >= 15 is 0 Å². The number of aryl methyl sites for hydroxylation is 1. The topological polar surface area (TPSA) is 34.0 Å². The van der Waals surface area contributed by atoms with Crippen LogP contribution in [0.25, 0.3) is 5.57 Å².